The van der Waals surface area contributed by atoms with Gasteiger partial charge < -0.3 is 15.2 Å². The second-order valence-electron chi connectivity index (χ2n) is 3.27. The number of aromatic hydroxyl groups is 1. The lowest BCUT2D eigenvalue weighted by atomic mass is 10.2. The molecule has 1 rings (SSSR count). The molecule has 0 spiro atoms. The smallest absolute Gasteiger partial charge is 0.261 e. The average Bonchev–Trinajstić information content (AvgIpc) is 2.25. The van der Waals surface area contributed by atoms with Gasteiger partial charge in [-0.3, -0.25) is 0 Å². The minimum Gasteiger partial charge on any atom is -0.508 e. The van der Waals surface area contributed by atoms with E-state index >= 15 is 0 Å². The highest BCUT2D eigenvalue weighted by Crippen LogP contribution is 2.14. The Morgan fingerprint density at radius 3 is 2.75 bits per heavy atom. The van der Waals surface area contributed by atoms with E-state index in [0.29, 0.717) is 13.1 Å². The largest absolute Gasteiger partial charge is 0.508 e. The van der Waals surface area contributed by atoms with Gasteiger partial charge in [-0.05, 0) is 6.07 Å². The molecule has 16 heavy (non-hydrogen) atoms. The molecule has 0 atom stereocenters. The summed E-state index contributed by atoms with van der Waals surface area (Å²) in [5.74, 6) is 0.225. The monoisotopic (exact) mass is 231 g/mol. The normalized spacial score (nSPS) is 10.9. The molecule has 0 saturated carbocycles. The van der Waals surface area contributed by atoms with Crippen LogP contribution in [0.3, 0.4) is 0 Å². The van der Waals surface area contributed by atoms with E-state index in [0.717, 1.165) is 5.56 Å². The number of halogens is 2. The van der Waals surface area contributed by atoms with Crippen LogP contribution in [0.25, 0.3) is 0 Å². The Bertz CT molecular complexity index is 308. The van der Waals surface area contributed by atoms with E-state index in [1.54, 1.807) is 18.2 Å². The zero-order valence-corrected chi connectivity index (χ0v) is 8.83. The van der Waals surface area contributed by atoms with Crippen molar-refractivity contribution < 1.29 is 18.6 Å². The fourth-order valence-electron chi connectivity index (χ4n) is 1.20. The van der Waals surface area contributed by atoms with Gasteiger partial charge >= 0.3 is 0 Å². The summed E-state index contributed by atoms with van der Waals surface area (Å²) in [4.78, 5) is 0. The quantitative estimate of drug-likeness (QED) is 0.703. The van der Waals surface area contributed by atoms with E-state index in [9.17, 15) is 13.9 Å². The number of hydrogen-bond donors (Lipinski definition) is 2. The van der Waals surface area contributed by atoms with Crippen LogP contribution < -0.4 is 5.32 Å². The van der Waals surface area contributed by atoms with Gasteiger partial charge in [0.05, 0.1) is 6.61 Å². The van der Waals surface area contributed by atoms with Gasteiger partial charge in [-0.25, -0.2) is 8.78 Å². The Labute approximate surface area is 93.0 Å². The minimum atomic E-state index is -2.42. The molecule has 0 amide bonds. The van der Waals surface area contributed by atoms with Crippen molar-refractivity contribution in [2.45, 2.75) is 13.0 Å². The third kappa shape index (κ3) is 5.04. The fourth-order valence-corrected chi connectivity index (χ4v) is 1.20. The Morgan fingerprint density at radius 2 is 2.06 bits per heavy atom. The summed E-state index contributed by atoms with van der Waals surface area (Å²) >= 11 is 0. The molecular formula is C11H15F2NO2. The van der Waals surface area contributed by atoms with Gasteiger partial charge in [0.15, 0.2) is 0 Å². The van der Waals surface area contributed by atoms with Gasteiger partial charge in [0.25, 0.3) is 6.43 Å². The lowest BCUT2D eigenvalue weighted by molar-refractivity contribution is 0.0187. The summed E-state index contributed by atoms with van der Waals surface area (Å²) in [5.41, 5.74) is 0.774. The van der Waals surface area contributed by atoms with Gasteiger partial charge in [-0.15, -0.1) is 0 Å². The van der Waals surface area contributed by atoms with Gasteiger partial charge in [0, 0.05) is 18.7 Å². The van der Waals surface area contributed by atoms with E-state index in [2.05, 4.69) is 10.1 Å². The molecule has 0 bridgehead atoms. The second kappa shape index (κ2) is 7.14. The van der Waals surface area contributed by atoms with Crippen LogP contribution in [0.1, 0.15) is 5.56 Å². The summed E-state index contributed by atoms with van der Waals surface area (Å²) in [6.45, 7) is 0.669. The highest BCUT2D eigenvalue weighted by Gasteiger charge is 2.01. The molecule has 0 aliphatic rings. The standard InChI is InChI=1S/C11H15F2NO2/c12-11(13)8-16-6-5-14-7-9-3-1-2-4-10(9)15/h1-4,11,14-15H,5-8H2. The summed E-state index contributed by atoms with van der Waals surface area (Å²) in [7, 11) is 0. The van der Waals surface area contributed by atoms with E-state index in [1.807, 2.05) is 6.07 Å². The molecular weight excluding hydrogens is 216 g/mol. The number of alkyl halides is 2. The first-order chi connectivity index (χ1) is 7.70. The molecule has 0 saturated heterocycles. The number of ether oxygens (including phenoxy) is 1. The lowest BCUT2D eigenvalue weighted by Gasteiger charge is -2.07. The fraction of sp³-hybridized carbons (Fsp3) is 0.455. The summed E-state index contributed by atoms with van der Waals surface area (Å²) in [6, 6.07) is 6.96. The highest BCUT2D eigenvalue weighted by molar-refractivity contribution is 5.31. The SMILES string of the molecule is Oc1ccccc1CNCCOCC(F)F. The predicted molar refractivity (Wildman–Crippen MR) is 56.6 cm³/mol. The third-order valence-corrected chi connectivity index (χ3v) is 1.97. The Morgan fingerprint density at radius 1 is 1.31 bits per heavy atom. The number of nitrogens with one attached hydrogen (secondary N) is 1. The van der Waals surface area contributed by atoms with Crippen LogP contribution in [-0.2, 0) is 11.3 Å². The molecule has 0 aliphatic heterocycles. The predicted octanol–water partition coefficient (Wildman–Crippen LogP) is 1.76. The van der Waals surface area contributed by atoms with Crippen LogP contribution >= 0.6 is 0 Å². The number of phenols is 1. The molecule has 3 nitrogen and oxygen atoms in total. The topological polar surface area (TPSA) is 41.5 Å². The van der Waals surface area contributed by atoms with Crippen molar-refractivity contribution >= 4 is 0 Å². The zero-order valence-electron chi connectivity index (χ0n) is 8.83. The third-order valence-electron chi connectivity index (χ3n) is 1.97. The summed E-state index contributed by atoms with van der Waals surface area (Å²) in [6.07, 6.45) is -2.42. The second-order valence-corrected chi connectivity index (χ2v) is 3.27. The maximum Gasteiger partial charge on any atom is 0.261 e. The number of hydrogen-bond acceptors (Lipinski definition) is 3. The first-order valence-electron chi connectivity index (χ1n) is 5.03. The van der Waals surface area contributed by atoms with Crippen LogP contribution in [0.2, 0.25) is 0 Å². The molecule has 1 aromatic rings. The molecule has 2 N–H and O–H groups in total. The van der Waals surface area contributed by atoms with Crippen molar-refractivity contribution in [3.8, 4) is 5.75 Å². The van der Waals surface area contributed by atoms with Crippen LogP contribution in [-0.4, -0.2) is 31.3 Å². The van der Waals surface area contributed by atoms with E-state index in [1.165, 1.54) is 0 Å². The van der Waals surface area contributed by atoms with Gasteiger partial charge in [-0.2, -0.15) is 0 Å². The first kappa shape index (κ1) is 12.9. The first-order valence-corrected chi connectivity index (χ1v) is 5.03. The Kier molecular flexibility index (Phi) is 5.74. The number of phenolic OH excluding ortho intramolecular Hbond substituents is 1. The van der Waals surface area contributed by atoms with Crippen molar-refractivity contribution in [3.05, 3.63) is 29.8 Å². The zero-order chi connectivity index (χ0) is 11.8. The number of para-hydroxylation sites is 1. The molecule has 90 valence electrons. The van der Waals surface area contributed by atoms with Crippen LogP contribution in [0.4, 0.5) is 8.78 Å². The lowest BCUT2D eigenvalue weighted by Crippen LogP contribution is -2.20. The van der Waals surface area contributed by atoms with Gasteiger partial charge in [0.2, 0.25) is 0 Å². The average molecular weight is 231 g/mol. The van der Waals surface area contributed by atoms with Crippen molar-refractivity contribution in [2.75, 3.05) is 19.8 Å². The molecule has 0 radical (unpaired) electrons. The van der Waals surface area contributed by atoms with Crippen molar-refractivity contribution in [1.29, 1.82) is 0 Å². The Hall–Kier alpha value is -1.20. The Balaban J connectivity index is 2.10. The van der Waals surface area contributed by atoms with Crippen molar-refractivity contribution in [3.63, 3.8) is 0 Å². The molecule has 0 aromatic heterocycles. The highest BCUT2D eigenvalue weighted by atomic mass is 19.3. The molecule has 0 fully saturated rings. The van der Waals surface area contributed by atoms with E-state index in [4.69, 9.17) is 0 Å². The summed E-state index contributed by atoms with van der Waals surface area (Å²) < 4.78 is 28.1. The number of rotatable bonds is 7. The molecule has 0 unspecified atom stereocenters. The molecule has 0 heterocycles. The van der Waals surface area contributed by atoms with E-state index in [-0.39, 0.29) is 12.4 Å². The van der Waals surface area contributed by atoms with E-state index < -0.39 is 13.0 Å². The van der Waals surface area contributed by atoms with Crippen molar-refractivity contribution in [2.24, 2.45) is 0 Å². The number of benzene rings is 1. The van der Waals surface area contributed by atoms with Crippen LogP contribution in [0.15, 0.2) is 24.3 Å². The summed E-state index contributed by atoms with van der Waals surface area (Å²) in [5, 5.41) is 12.4. The maximum absolute atomic E-state index is 11.7. The minimum absolute atomic E-state index is 0.225. The molecule has 0 aliphatic carbocycles. The maximum atomic E-state index is 11.7. The molecule has 1 aromatic carbocycles. The van der Waals surface area contributed by atoms with Crippen LogP contribution in [0.5, 0.6) is 5.75 Å². The van der Waals surface area contributed by atoms with Crippen molar-refractivity contribution in [1.82, 2.24) is 5.32 Å². The van der Waals surface area contributed by atoms with Gasteiger partial charge in [0.1, 0.15) is 12.4 Å². The molecule has 5 heteroatoms. The van der Waals surface area contributed by atoms with Crippen LogP contribution in [0, 0.1) is 0 Å². The van der Waals surface area contributed by atoms with Gasteiger partial charge in [-0.1, -0.05) is 18.2 Å².